The molecule has 0 aromatic heterocycles. The maximum Gasteiger partial charge on any atom is 0.0854 e. The minimum Gasteiger partial charge on any atom is -0.399 e. The molecule has 1 fully saturated rings. The van der Waals surface area contributed by atoms with E-state index in [-0.39, 0.29) is 5.41 Å². The maximum absolute atomic E-state index is 9.20. The second-order valence-corrected chi connectivity index (χ2v) is 4.01. The predicted molar refractivity (Wildman–Crippen MR) is 56.5 cm³/mol. The van der Waals surface area contributed by atoms with E-state index in [1.54, 1.807) is 0 Å². The third-order valence-electron chi connectivity index (χ3n) is 3.22. The number of rotatable bonds is 2. The van der Waals surface area contributed by atoms with Gasteiger partial charge in [-0.3, -0.25) is 0 Å². The molecule has 72 valence electrons. The van der Waals surface area contributed by atoms with Gasteiger partial charge < -0.3 is 5.73 Å². The molecule has 2 atom stereocenters. The summed E-state index contributed by atoms with van der Waals surface area (Å²) < 4.78 is 0. The first-order valence-electron chi connectivity index (χ1n) is 5.00. The standard InChI is InChI=1S/C12H14N2/c1-2-9-7-12(9,8-13)10-3-5-11(14)6-4-10/h3-6,9H,2,7,14H2,1H3. The topological polar surface area (TPSA) is 49.8 Å². The van der Waals surface area contributed by atoms with E-state index in [0.717, 1.165) is 24.1 Å². The van der Waals surface area contributed by atoms with Crippen LogP contribution in [0.15, 0.2) is 24.3 Å². The van der Waals surface area contributed by atoms with Crippen LogP contribution in [0.3, 0.4) is 0 Å². The van der Waals surface area contributed by atoms with Gasteiger partial charge in [0, 0.05) is 5.69 Å². The zero-order valence-electron chi connectivity index (χ0n) is 8.33. The molecule has 2 nitrogen and oxygen atoms in total. The zero-order chi connectivity index (χ0) is 10.2. The van der Waals surface area contributed by atoms with Crippen LogP contribution in [-0.2, 0) is 5.41 Å². The maximum atomic E-state index is 9.20. The van der Waals surface area contributed by atoms with Crippen molar-refractivity contribution in [1.29, 1.82) is 5.26 Å². The highest BCUT2D eigenvalue weighted by molar-refractivity contribution is 5.47. The quantitative estimate of drug-likeness (QED) is 0.721. The van der Waals surface area contributed by atoms with E-state index >= 15 is 0 Å². The average molecular weight is 186 g/mol. The Balaban J connectivity index is 2.32. The Labute approximate surface area is 84.3 Å². The fourth-order valence-electron chi connectivity index (χ4n) is 2.16. The second-order valence-electron chi connectivity index (χ2n) is 4.01. The summed E-state index contributed by atoms with van der Waals surface area (Å²) in [6.45, 7) is 2.14. The van der Waals surface area contributed by atoms with Gasteiger partial charge in [-0.25, -0.2) is 0 Å². The van der Waals surface area contributed by atoms with Crippen molar-refractivity contribution >= 4 is 5.69 Å². The molecule has 2 heteroatoms. The molecule has 0 saturated heterocycles. The van der Waals surface area contributed by atoms with Crippen LogP contribution in [0, 0.1) is 17.2 Å². The van der Waals surface area contributed by atoms with Gasteiger partial charge >= 0.3 is 0 Å². The largest absolute Gasteiger partial charge is 0.399 e. The Morgan fingerprint density at radius 1 is 1.50 bits per heavy atom. The van der Waals surface area contributed by atoms with Crippen molar-refractivity contribution in [3.05, 3.63) is 29.8 Å². The number of anilines is 1. The Morgan fingerprint density at radius 3 is 2.57 bits per heavy atom. The first kappa shape index (κ1) is 9.08. The van der Waals surface area contributed by atoms with Gasteiger partial charge in [0.15, 0.2) is 0 Å². The van der Waals surface area contributed by atoms with Gasteiger partial charge in [0.2, 0.25) is 0 Å². The molecule has 1 saturated carbocycles. The van der Waals surface area contributed by atoms with E-state index in [0.29, 0.717) is 5.92 Å². The van der Waals surface area contributed by atoms with Gasteiger partial charge in [-0.05, 0) is 30.0 Å². The Kier molecular flexibility index (Phi) is 1.96. The van der Waals surface area contributed by atoms with Crippen molar-refractivity contribution in [2.75, 3.05) is 5.73 Å². The van der Waals surface area contributed by atoms with E-state index < -0.39 is 0 Å². The number of nitrogen functional groups attached to an aromatic ring is 1. The third-order valence-corrected chi connectivity index (χ3v) is 3.22. The first-order chi connectivity index (χ1) is 6.73. The Morgan fingerprint density at radius 2 is 2.14 bits per heavy atom. The van der Waals surface area contributed by atoms with E-state index in [1.807, 2.05) is 24.3 Å². The van der Waals surface area contributed by atoms with E-state index in [9.17, 15) is 5.26 Å². The highest BCUT2D eigenvalue weighted by Gasteiger charge is 2.54. The van der Waals surface area contributed by atoms with Gasteiger partial charge in [0.05, 0.1) is 11.5 Å². The lowest BCUT2D eigenvalue weighted by Gasteiger charge is -2.08. The molecule has 0 spiro atoms. The van der Waals surface area contributed by atoms with Crippen LogP contribution in [0.1, 0.15) is 25.3 Å². The number of nitriles is 1. The van der Waals surface area contributed by atoms with Crippen LogP contribution in [0.5, 0.6) is 0 Å². The zero-order valence-corrected chi connectivity index (χ0v) is 8.33. The van der Waals surface area contributed by atoms with Crippen LogP contribution >= 0.6 is 0 Å². The first-order valence-corrected chi connectivity index (χ1v) is 5.00. The van der Waals surface area contributed by atoms with Crippen LogP contribution in [-0.4, -0.2) is 0 Å². The fraction of sp³-hybridized carbons (Fsp3) is 0.417. The summed E-state index contributed by atoms with van der Waals surface area (Å²) in [5, 5.41) is 9.20. The van der Waals surface area contributed by atoms with Gasteiger partial charge in [0.25, 0.3) is 0 Å². The minimum absolute atomic E-state index is 0.206. The molecule has 2 rings (SSSR count). The molecule has 1 aromatic rings. The van der Waals surface area contributed by atoms with Crippen LogP contribution in [0.2, 0.25) is 0 Å². The van der Waals surface area contributed by atoms with Crippen LogP contribution < -0.4 is 5.73 Å². The van der Waals surface area contributed by atoms with E-state index in [1.165, 1.54) is 0 Å². The van der Waals surface area contributed by atoms with Crippen molar-refractivity contribution in [2.45, 2.75) is 25.2 Å². The van der Waals surface area contributed by atoms with Crippen LogP contribution in [0.4, 0.5) is 5.69 Å². The molecular formula is C12H14N2. The molecule has 1 aromatic carbocycles. The normalized spacial score (nSPS) is 29.6. The van der Waals surface area contributed by atoms with Crippen molar-refractivity contribution < 1.29 is 0 Å². The van der Waals surface area contributed by atoms with E-state index in [2.05, 4.69) is 13.0 Å². The van der Waals surface area contributed by atoms with Gasteiger partial charge in [0.1, 0.15) is 0 Å². The summed E-state index contributed by atoms with van der Waals surface area (Å²) in [6.07, 6.45) is 2.09. The lowest BCUT2D eigenvalue weighted by molar-refractivity contribution is 0.701. The highest BCUT2D eigenvalue weighted by atomic mass is 14.6. The summed E-state index contributed by atoms with van der Waals surface area (Å²) in [5.74, 6) is 0.538. The van der Waals surface area contributed by atoms with Crippen molar-refractivity contribution in [2.24, 2.45) is 5.92 Å². The Hall–Kier alpha value is -1.49. The number of hydrogen-bond donors (Lipinski definition) is 1. The fourth-order valence-corrected chi connectivity index (χ4v) is 2.16. The van der Waals surface area contributed by atoms with E-state index in [4.69, 9.17) is 5.73 Å². The predicted octanol–water partition coefficient (Wildman–Crippen LogP) is 2.46. The number of hydrogen-bond acceptors (Lipinski definition) is 2. The minimum atomic E-state index is -0.206. The lowest BCUT2D eigenvalue weighted by atomic mass is 9.94. The van der Waals surface area contributed by atoms with Gasteiger partial charge in [-0.1, -0.05) is 25.5 Å². The van der Waals surface area contributed by atoms with Crippen LogP contribution in [0.25, 0.3) is 0 Å². The molecule has 1 aliphatic rings. The highest BCUT2D eigenvalue weighted by Crippen LogP contribution is 2.55. The molecule has 1 aliphatic carbocycles. The molecule has 0 bridgehead atoms. The number of benzene rings is 1. The summed E-state index contributed by atoms with van der Waals surface area (Å²) >= 11 is 0. The third kappa shape index (κ3) is 1.17. The number of nitrogens with zero attached hydrogens (tertiary/aromatic N) is 1. The molecule has 2 unspecified atom stereocenters. The van der Waals surface area contributed by atoms with Crippen molar-refractivity contribution in [1.82, 2.24) is 0 Å². The lowest BCUT2D eigenvalue weighted by Crippen LogP contribution is -2.06. The summed E-state index contributed by atoms with van der Waals surface area (Å²) in [7, 11) is 0. The summed E-state index contributed by atoms with van der Waals surface area (Å²) in [5.41, 5.74) is 7.30. The summed E-state index contributed by atoms with van der Waals surface area (Å²) in [6, 6.07) is 10.2. The number of nitrogens with two attached hydrogens (primary N) is 1. The molecule has 2 N–H and O–H groups in total. The van der Waals surface area contributed by atoms with Crippen molar-refractivity contribution in [3.8, 4) is 6.07 Å². The van der Waals surface area contributed by atoms with Gasteiger partial charge in [-0.2, -0.15) is 5.26 Å². The molecular weight excluding hydrogens is 172 g/mol. The molecule has 0 amide bonds. The molecule has 0 heterocycles. The smallest absolute Gasteiger partial charge is 0.0854 e. The molecule has 0 radical (unpaired) electrons. The molecule has 0 aliphatic heterocycles. The monoisotopic (exact) mass is 186 g/mol. The average Bonchev–Trinajstić information content (AvgIpc) is 2.94. The van der Waals surface area contributed by atoms with Crippen molar-refractivity contribution in [3.63, 3.8) is 0 Å². The summed E-state index contributed by atoms with van der Waals surface area (Å²) in [4.78, 5) is 0. The SMILES string of the molecule is CCC1CC1(C#N)c1ccc(N)cc1. The molecule has 14 heavy (non-hydrogen) atoms. The second kappa shape index (κ2) is 3.02. The van der Waals surface area contributed by atoms with Gasteiger partial charge in [-0.15, -0.1) is 0 Å². The Bertz CT molecular complexity index is 374.